The molecule has 0 unspecified atom stereocenters. The van der Waals surface area contributed by atoms with Gasteiger partial charge in [0.1, 0.15) is 0 Å². The van der Waals surface area contributed by atoms with Crippen LogP contribution in [0.4, 0.5) is 0 Å². The van der Waals surface area contributed by atoms with Crippen LogP contribution in [0, 0.1) is 0 Å². The first-order valence-electron chi connectivity index (χ1n) is 6.65. The molecule has 2 aromatic rings. The fraction of sp³-hybridized carbons (Fsp3) is 0.125. The van der Waals surface area contributed by atoms with Crippen molar-refractivity contribution in [3.05, 3.63) is 67.6 Å². The van der Waals surface area contributed by atoms with Crippen LogP contribution >= 0.6 is 46.4 Å². The van der Waals surface area contributed by atoms with E-state index in [1.54, 1.807) is 47.9 Å². The summed E-state index contributed by atoms with van der Waals surface area (Å²) in [7, 11) is 0. The normalized spacial score (nSPS) is 11.4. The number of carbonyl (C=O) groups is 2. The molecule has 0 radical (unpaired) electrons. The van der Waals surface area contributed by atoms with E-state index in [1.165, 1.54) is 0 Å². The van der Waals surface area contributed by atoms with E-state index in [4.69, 9.17) is 46.4 Å². The summed E-state index contributed by atoms with van der Waals surface area (Å²) >= 11 is 20.7. The molecule has 0 aliphatic rings. The van der Waals surface area contributed by atoms with Crippen molar-refractivity contribution >= 4 is 68.9 Å². The fourth-order valence-corrected chi connectivity index (χ4v) is 8.15. The van der Waals surface area contributed by atoms with E-state index in [9.17, 15) is 9.59 Å². The zero-order chi connectivity index (χ0) is 17.4. The first-order valence-corrected chi connectivity index (χ1v) is 14.5. The molecule has 0 bridgehead atoms. The third-order valence-electron chi connectivity index (χ3n) is 3.51. The summed E-state index contributed by atoms with van der Waals surface area (Å²) in [6.07, 6.45) is 0. The topological polar surface area (TPSA) is 34.1 Å². The van der Waals surface area contributed by atoms with E-state index in [0.717, 1.165) is 0 Å². The van der Waals surface area contributed by atoms with Gasteiger partial charge in [0.05, 0.1) is 0 Å². The molecular weight excluding hydrogens is 439 g/mol. The van der Waals surface area contributed by atoms with Gasteiger partial charge in [-0.15, -0.1) is 0 Å². The van der Waals surface area contributed by atoms with Crippen LogP contribution in [0.15, 0.2) is 36.4 Å². The summed E-state index contributed by atoms with van der Waals surface area (Å²) < 4.78 is -0.608. The van der Waals surface area contributed by atoms with Crippen molar-refractivity contribution in [3.63, 3.8) is 0 Å². The van der Waals surface area contributed by atoms with Crippen molar-refractivity contribution in [2.45, 2.75) is 11.5 Å². The van der Waals surface area contributed by atoms with Gasteiger partial charge in [0.15, 0.2) is 0 Å². The van der Waals surface area contributed by atoms with E-state index in [-0.39, 0.29) is 40.4 Å². The van der Waals surface area contributed by atoms with Crippen LogP contribution in [0.3, 0.4) is 0 Å². The Hall–Kier alpha value is -0.517. The minimum absolute atomic E-state index is 0.192. The molecule has 0 saturated heterocycles. The van der Waals surface area contributed by atoms with E-state index >= 15 is 0 Å². The molecule has 7 heteroatoms. The molecule has 0 spiro atoms. The van der Waals surface area contributed by atoms with Crippen molar-refractivity contribution in [1.82, 2.24) is 0 Å². The van der Waals surface area contributed by atoms with Gasteiger partial charge in [-0.25, -0.2) is 0 Å². The molecular formula is C16H12Cl4GeO2. The van der Waals surface area contributed by atoms with Crippen molar-refractivity contribution in [2.75, 3.05) is 0 Å². The number of hydrogen-bond acceptors (Lipinski definition) is 2. The molecule has 2 rings (SSSR count). The van der Waals surface area contributed by atoms with Crippen molar-refractivity contribution in [3.8, 4) is 0 Å². The summed E-state index contributed by atoms with van der Waals surface area (Å²) in [6.45, 7) is 0. The SMILES string of the molecule is [CH3][Ge]([CH3])([C](=O)c1c(Cl)cccc1Cl)[C](=O)c1c(Cl)cccc1Cl. The molecule has 0 atom stereocenters. The molecule has 0 heterocycles. The molecule has 0 aromatic heterocycles. The molecule has 2 aromatic carbocycles. The number of rotatable bonds is 4. The molecule has 0 amide bonds. The van der Waals surface area contributed by atoms with Crippen molar-refractivity contribution in [2.24, 2.45) is 0 Å². The van der Waals surface area contributed by atoms with Gasteiger partial charge < -0.3 is 0 Å². The van der Waals surface area contributed by atoms with Gasteiger partial charge >= 0.3 is 158 Å². The Morgan fingerprint density at radius 1 is 0.696 bits per heavy atom. The second kappa shape index (κ2) is 7.16. The van der Waals surface area contributed by atoms with Crippen molar-refractivity contribution in [1.29, 1.82) is 0 Å². The molecule has 0 fully saturated rings. The Morgan fingerprint density at radius 2 is 0.957 bits per heavy atom. The van der Waals surface area contributed by atoms with Gasteiger partial charge in [0.2, 0.25) is 0 Å². The summed E-state index contributed by atoms with van der Waals surface area (Å²) in [5.41, 5.74) is 0.384. The maximum absolute atomic E-state index is 13.0. The Morgan fingerprint density at radius 3 is 1.22 bits per heavy atom. The predicted octanol–water partition coefficient (Wildman–Crippen LogP) is 6.15. The van der Waals surface area contributed by atoms with E-state index in [1.807, 2.05) is 0 Å². The third kappa shape index (κ3) is 3.62. The average molecular weight is 451 g/mol. The summed E-state index contributed by atoms with van der Waals surface area (Å²) in [6, 6.07) is 9.60. The zero-order valence-electron chi connectivity index (χ0n) is 12.3. The third-order valence-corrected chi connectivity index (χ3v) is 10.6. The molecule has 0 aliphatic carbocycles. The van der Waals surface area contributed by atoms with Gasteiger partial charge in [-0.3, -0.25) is 0 Å². The fourth-order valence-electron chi connectivity index (χ4n) is 2.16. The molecule has 120 valence electrons. The first-order chi connectivity index (χ1) is 10.7. The monoisotopic (exact) mass is 450 g/mol. The van der Waals surface area contributed by atoms with Crippen LogP contribution in [-0.2, 0) is 0 Å². The van der Waals surface area contributed by atoms with Crippen LogP contribution in [0.25, 0.3) is 0 Å². The number of benzene rings is 2. The zero-order valence-corrected chi connectivity index (χ0v) is 17.4. The number of carbonyl (C=O) groups excluding carboxylic acids is 2. The van der Waals surface area contributed by atoms with Crippen molar-refractivity contribution < 1.29 is 9.59 Å². The van der Waals surface area contributed by atoms with Crippen LogP contribution in [0.1, 0.15) is 20.7 Å². The van der Waals surface area contributed by atoms with E-state index in [2.05, 4.69) is 0 Å². The van der Waals surface area contributed by atoms with Gasteiger partial charge in [-0.05, 0) is 0 Å². The second-order valence-electron chi connectivity index (χ2n) is 5.48. The molecule has 0 aliphatic heterocycles. The molecule has 0 N–H and O–H groups in total. The van der Waals surface area contributed by atoms with Gasteiger partial charge in [0, 0.05) is 0 Å². The van der Waals surface area contributed by atoms with Crippen LogP contribution < -0.4 is 0 Å². The average Bonchev–Trinajstić information content (AvgIpc) is 2.46. The molecule has 23 heavy (non-hydrogen) atoms. The van der Waals surface area contributed by atoms with E-state index in [0.29, 0.717) is 0 Å². The van der Waals surface area contributed by atoms with Gasteiger partial charge in [-0.2, -0.15) is 0 Å². The minimum atomic E-state index is -3.73. The van der Waals surface area contributed by atoms with Crippen LogP contribution in [0.5, 0.6) is 0 Å². The Labute approximate surface area is 157 Å². The standard InChI is InChI=1S/C16H12Cl4GeO2/c1-21(2,15(22)13-9(17)5-3-6-10(13)18)16(23)14-11(19)7-4-8-12(14)20/h3-8H,1-2H3. The van der Waals surface area contributed by atoms with Crippen LogP contribution in [-0.4, -0.2) is 22.5 Å². The Bertz CT molecular complexity index is 697. The number of hydrogen-bond donors (Lipinski definition) is 0. The number of halogens is 4. The molecule has 0 saturated carbocycles. The summed E-state index contributed by atoms with van der Waals surface area (Å²) in [5.74, 6) is 3.37. The van der Waals surface area contributed by atoms with Gasteiger partial charge in [0.25, 0.3) is 0 Å². The first kappa shape index (κ1) is 18.8. The summed E-state index contributed by atoms with van der Waals surface area (Å²) in [4.78, 5) is 25.9. The predicted molar refractivity (Wildman–Crippen MR) is 99.1 cm³/mol. The molecule has 2 nitrogen and oxygen atoms in total. The van der Waals surface area contributed by atoms with Crippen LogP contribution in [0.2, 0.25) is 31.6 Å². The van der Waals surface area contributed by atoms with E-state index < -0.39 is 13.3 Å². The maximum atomic E-state index is 13.0. The van der Waals surface area contributed by atoms with Gasteiger partial charge in [-0.1, -0.05) is 0 Å². The summed E-state index contributed by atoms with van der Waals surface area (Å²) in [5, 5.41) is 0.942. The Kier molecular flexibility index (Phi) is 5.86. The quantitative estimate of drug-likeness (QED) is 0.523. The second-order valence-corrected chi connectivity index (χ2v) is 15.8. The Balaban J connectivity index is 2.53.